The van der Waals surface area contributed by atoms with Gasteiger partial charge in [0.25, 0.3) is 11.8 Å². The minimum atomic E-state index is -0.869. The van der Waals surface area contributed by atoms with Crippen LogP contribution in [0.1, 0.15) is 30.5 Å². The molecule has 2 unspecified atom stereocenters. The minimum absolute atomic E-state index is 0.189. The molecule has 2 heterocycles. The van der Waals surface area contributed by atoms with Crippen LogP contribution in [0.25, 0.3) is 12.2 Å². The Balaban J connectivity index is 2.00. The van der Waals surface area contributed by atoms with Gasteiger partial charge in [0.1, 0.15) is 11.8 Å². The molecule has 7 nitrogen and oxygen atoms in total. The molecule has 152 valence electrons. The van der Waals surface area contributed by atoms with Crippen molar-refractivity contribution in [3.05, 3.63) is 48.0 Å². The summed E-state index contributed by atoms with van der Waals surface area (Å²) in [5.74, 6) is -0.656. The number of nitrogens with one attached hydrogen (secondary N) is 1. The Kier molecular flexibility index (Phi) is 5.68. The molecule has 7 heteroatoms. The number of benzene rings is 1. The number of hydrogen-bond donors (Lipinski definition) is 1. The zero-order valence-corrected chi connectivity index (χ0v) is 17.0. The lowest BCUT2D eigenvalue weighted by Gasteiger charge is -2.44. The highest BCUT2D eigenvalue weighted by Gasteiger charge is 2.48. The smallest absolute Gasteiger partial charge is 0.328 e. The number of amides is 4. The maximum absolute atomic E-state index is 12.7. The molecule has 0 aliphatic carbocycles. The van der Waals surface area contributed by atoms with Crippen LogP contribution in [0.15, 0.2) is 36.3 Å². The van der Waals surface area contributed by atoms with Crippen LogP contribution >= 0.6 is 0 Å². The summed E-state index contributed by atoms with van der Waals surface area (Å²) in [6, 6.07) is 4.45. The first-order valence-corrected chi connectivity index (χ1v) is 9.61. The highest BCUT2D eigenvalue weighted by atomic mass is 16.2. The molecule has 29 heavy (non-hydrogen) atoms. The lowest BCUT2D eigenvalue weighted by Crippen LogP contribution is -2.70. The number of imide groups is 1. The van der Waals surface area contributed by atoms with Crippen LogP contribution < -0.4 is 5.32 Å². The third-order valence-electron chi connectivity index (χ3n) is 5.16. The molecule has 4 amide bonds. The van der Waals surface area contributed by atoms with Crippen LogP contribution in [0.5, 0.6) is 0 Å². The van der Waals surface area contributed by atoms with E-state index in [-0.39, 0.29) is 18.1 Å². The molecule has 2 atom stereocenters. The summed E-state index contributed by atoms with van der Waals surface area (Å²) in [7, 11) is 1.43. The van der Waals surface area contributed by atoms with Crippen molar-refractivity contribution in [2.24, 2.45) is 10.9 Å². The van der Waals surface area contributed by atoms with Gasteiger partial charge < -0.3 is 5.32 Å². The van der Waals surface area contributed by atoms with E-state index < -0.39 is 30.1 Å². The summed E-state index contributed by atoms with van der Waals surface area (Å²) in [6.07, 6.45) is 2.99. The van der Waals surface area contributed by atoms with Gasteiger partial charge in [-0.15, -0.1) is 0 Å². The molecular formula is C22H26N4O3. The van der Waals surface area contributed by atoms with E-state index in [0.717, 1.165) is 21.6 Å². The van der Waals surface area contributed by atoms with E-state index in [4.69, 9.17) is 0 Å². The van der Waals surface area contributed by atoms with Crippen LogP contribution in [-0.2, 0) is 16.0 Å². The molecule has 1 aromatic carbocycles. The van der Waals surface area contributed by atoms with Crippen molar-refractivity contribution < 1.29 is 14.4 Å². The summed E-state index contributed by atoms with van der Waals surface area (Å²) >= 11 is 0. The van der Waals surface area contributed by atoms with Gasteiger partial charge in [0.15, 0.2) is 6.17 Å². The standard InChI is InChI=1S/C22H26N4O3/c1-6-14-9-8-10-15(16(14)7-2)11-17-20(27)24-18-19(23-17)26(12-13(3)4)22(29)25(5)21(18)28/h6-10,13,18-19H,1-2,11-12H2,3-5H3,(H,24,27). The first-order chi connectivity index (χ1) is 13.8. The third-order valence-corrected chi connectivity index (χ3v) is 5.16. The van der Waals surface area contributed by atoms with E-state index >= 15 is 0 Å². The highest BCUT2D eigenvalue weighted by Crippen LogP contribution is 2.24. The van der Waals surface area contributed by atoms with Crippen molar-refractivity contribution in [3.8, 4) is 0 Å². The number of nitrogens with zero attached hydrogens (tertiary/aromatic N) is 3. The summed E-state index contributed by atoms with van der Waals surface area (Å²) in [5.41, 5.74) is 2.97. The molecule has 1 N–H and O–H groups in total. The zero-order chi connectivity index (χ0) is 21.3. The van der Waals surface area contributed by atoms with Crippen LogP contribution in [0, 0.1) is 5.92 Å². The Labute approximate surface area is 170 Å². The number of aliphatic imine (C=N–C) groups is 1. The van der Waals surface area contributed by atoms with Crippen LogP contribution in [0.4, 0.5) is 4.79 Å². The monoisotopic (exact) mass is 394 g/mol. The van der Waals surface area contributed by atoms with Crippen molar-refractivity contribution in [2.45, 2.75) is 32.5 Å². The van der Waals surface area contributed by atoms with Gasteiger partial charge in [-0.2, -0.15) is 0 Å². The van der Waals surface area contributed by atoms with Gasteiger partial charge in [-0.05, 0) is 22.6 Å². The number of carbonyl (C=O) groups is 3. The molecule has 0 aromatic heterocycles. The molecule has 0 bridgehead atoms. The van der Waals surface area contributed by atoms with Gasteiger partial charge in [0.2, 0.25) is 0 Å². The van der Waals surface area contributed by atoms with Crippen LogP contribution in [-0.4, -0.2) is 59.2 Å². The fraction of sp³-hybridized carbons (Fsp3) is 0.364. The molecule has 2 aliphatic heterocycles. The minimum Gasteiger partial charge on any atom is -0.336 e. The maximum Gasteiger partial charge on any atom is 0.328 e. The summed E-state index contributed by atoms with van der Waals surface area (Å²) in [4.78, 5) is 45.1. The van der Waals surface area contributed by atoms with E-state index in [9.17, 15) is 14.4 Å². The molecule has 1 saturated heterocycles. The van der Waals surface area contributed by atoms with E-state index in [0.29, 0.717) is 6.54 Å². The second-order valence-corrected chi connectivity index (χ2v) is 7.67. The van der Waals surface area contributed by atoms with Gasteiger partial charge in [-0.1, -0.05) is 57.4 Å². The van der Waals surface area contributed by atoms with Gasteiger partial charge >= 0.3 is 6.03 Å². The number of rotatable bonds is 6. The molecular weight excluding hydrogens is 368 g/mol. The Morgan fingerprint density at radius 3 is 2.55 bits per heavy atom. The van der Waals surface area contributed by atoms with Crippen molar-refractivity contribution in [2.75, 3.05) is 13.6 Å². The van der Waals surface area contributed by atoms with Gasteiger partial charge in [0, 0.05) is 20.0 Å². The Hall–Kier alpha value is -3.22. The van der Waals surface area contributed by atoms with E-state index in [2.05, 4.69) is 23.5 Å². The van der Waals surface area contributed by atoms with Gasteiger partial charge in [-0.3, -0.25) is 24.4 Å². The summed E-state index contributed by atoms with van der Waals surface area (Å²) in [6.45, 7) is 12.1. The van der Waals surface area contributed by atoms with Crippen molar-refractivity contribution in [1.82, 2.24) is 15.1 Å². The second kappa shape index (κ2) is 8.03. The average molecular weight is 394 g/mol. The summed E-state index contributed by atoms with van der Waals surface area (Å²) < 4.78 is 0. The Morgan fingerprint density at radius 2 is 1.93 bits per heavy atom. The molecule has 0 saturated carbocycles. The lowest BCUT2D eigenvalue weighted by atomic mass is 9.95. The van der Waals surface area contributed by atoms with E-state index in [1.807, 2.05) is 32.0 Å². The molecule has 0 spiro atoms. The van der Waals surface area contributed by atoms with Crippen molar-refractivity contribution in [1.29, 1.82) is 0 Å². The predicted molar refractivity (Wildman–Crippen MR) is 113 cm³/mol. The molecule has 2 aliphatic rings. The molecule has 1 aromatic rings. The number of urea groups is 1. The first-order valence-electron chi connectivity index (χ1n) is 9.61. The second-order valence-electron chi connectivity index (χ2n) is 7.67. The lowest BCUT2D eigenvalue weighted by molar-refractivity contribution is -0.137. The topological polar surface area (TPSA) is 82.1 Å². The number of fused-ring (bicyclic) bond motifs is 1. The van der Waals surface area contributed by atoms with E-state index in [1.165, 1.54) is 7.05 Å². The van der Waals surface area contributed by atoms with E-state index in [1.54, 1.807) is 17.1 Å². The molecule has 1 fully saturated rings. The largest absolute Gasteiger partial charge is 0.336 e. The molecule has 3 rings (SSSR count). The Bertz CT molecular complexity index is 919. The highest BCUT2D eigenvalue weighted by molar-refractivity contribution is 6.40. The normalized spacial score (nSPS) is 21.7. The van der Waals surface area contributed by atoms with Gasteiger partial charge in [0.05, 0.1) is 0 Å². The van der Waals surface area contributed by atoms with Crippen molar-refractivity contribution >= 4 is 35.7 Å². The fourth-order valence-electron chi connectivity index (χ4n) is 3.74. The fourth-order valence-corrected chi connectivity index (χ4v) is 3.74. The van der Waals surface area contributed by atoms with Crippen LogP contribution in [0.3, 0.4) is 0 Å². The van der Waals surface area contributed by atoms with Crippen molar-refractivity contribution in [3.63, 3.8) is 0 Å². The summed E-state index contributed by atoms with van der Waals surface area (Å²) in [5, 5.41) is 2.76. The zero-order valence-electron chi connectivity index (χ0n) is 17.0. The Morgan fingerprint density at radius 1 is 1.21 bits per heavy atom. The average Bonchev–Trinajstić information content (AvgIpc) is 2.70. The number of likely N-dealkylation sites (N-methyl/N-ethyl adjacent to an activating group) is 1. The predicted octanol–water partition coefficient (Wildman–Crippen LogP) is 2.33. The van der Waals surface area contributed by atoms with Gasteiger partial charge in [-0.25, -0.2) is 4.79 Å². The number of hydrogen-bond acceptors (Lipinski definition) is 4. The number of carbonyl (C=O) groups excluding carboxylic acids is 3. The van der Waals surface area contributed by atoms with Crippen LogP contribution in [0.2, 0.25) is 0 Å². The SMILES string of the molecule is C=Cc1cccc(CC2=NC3C(NC2=O)C(=O)N(C)C(=O)N3CC(C)C)c1C=C. The first kappa shape index (κ1) is 20.5. The third kappa shape index (κ3) is 3.72. The quantitative estimate of drug-likeness (QED) is 0.804. The maximum atomic E-state index is 12.7. The molecule has 0 radical (unpaired) electrons.